The van der Waals surface area contributed by atoms with E-state index in [9.17, 15) is 18.4 Å². The van der Waals surface area contributed by atoms with Gasteiger partial charge >= 0.3 is 6.03 Å². The van der Waals surface area contributed by atoms with Crippen LogP contribution in [-0.4, -0.2) is 31.6 Å². The highest BCUT2D eigenvalue weighted by molar-refractivity contribution is 6.30. The first-order chi connectivity index (χ1) is 12.9. The van der Waals surface area contributed by atoms with Crippen molar-refractivity contribution in [2.24, 2.45) is 0 Å². The van der Waals surface area contributed by atoms with E-state index in [1.165, 1.54) is 7.11 Å². The summed E-state index contributed by atoms with van der Waals surface area (Å²) in [5.41, 5.74) is 0.166. The number of methoxy groups -OCH3 is 1. The maximum absolute atomic E-state index is 14.4. The van der Waals surface area contributed by atoms with Gasteiger partial charge in [0.15, 0.2) is 0 Å². The first kappa shape index (κ1) is 18.9. The third-order valence-corrected chi connectivity index (χ3v) is 4.48. The second kappa shape index (κ2) is 7.79. The molecule has 0 spiro atoms. The highest BCUT2D eigenvalue weighted by Crippen LogP contribution is 2.31. The van der Waals surface area contributed by atoms with Crippen molar-refractivity contribution in [3.05, 3.63) is 58.6 Å². The van der Waals surface area contributed by atoms with Crippen LogP contribution in [0.4, 0.5) is 19.3 Å². The lowest BCUT2D eigenvalue weighted by atomic mass is 9.93. The molecule has 0 saturated carbocycles. The number of benzene rings is 2. The molecule has 0 aromatic heterocycles. The molecule has 2 unspecified atom stereocenters. The Hall–Kier alpha value is -2.87. The standard InChI is InChI=1S/C18H16ClF2N3O3/c1-27-11-6-13(20)15(14(21)7-11)12-8-22-17(25)16(12)24-18(26)23-10-4-2-9(19)3-5-10/h2-7,12,16H,8H2,1H3,(H,22,25)(H2,23,24,26). The van der Waals surface area contributed by atoms with Gasteiger partial charge in [-0.15, -0.1) is 0 Å². The van der Waals surface area contributed by atoms with Crippen molar-refractivity contribution in [2.75, 3.05) is 19.0 Å². The number of hydrogen-bond donors (Lipinski definition) is 3. The predicted octanol–water partition coefficient (Wildman–Crippen LogP) is 3.03. The number of hydrogen-bond acceptors (Lipinski definition) is 3. The zero-order valence-electron chi connectivity index (χ0n) is 14.2. The second-order valence-corrected chi connectivity index (χ2v) is 6.38. The maximum Gasteiger partial charge on any atom is 0.319 e. The number of rotatable bonds is 4. The molecule has 2 atom stereocenters. The Bertz CT molecular complexity index is 854. The van der Waals surface area contributed by atoms with E-state index in [0.717, 1.165) is 12.1 Å². The SMILES string of the molecule is COc1cc(F)c(C2CNC(=O)C2NC(=O)Nc2ccc(Cl)cc2)c(F)c1. The number of halogens is 3. The molecule has 142 valence electrons. The quantitative estimate of drug-likeness (QED) is 0.744. The summed E-state index contributed by atoms with van der Waals surface area (Å²) >= 11 is 5.78. The van der Waals surface area contributed by atoms with Crippen LogP contribution in [0.2, 0.25) is 5.02 Å². The van der Waals surface area contributed by atoms with E-state index < -0.39 is 35.5 Å². The molecule has 2 aromatic rings. The largest absolute Gasteiger partial charge is 0.497 e. The van der Waals surface area contributed by atoms with Gasteiger partial charge in [-0.2, -0.15) is 0 Å². The highest BCUT2D eigenvalue weighted by Gasteiger charge is 2.40. The van der Waals surface area contributed by atoms with Gasteiger partial charge in [0, 0.05) is 40.9 Å². The van der Waals surface area contributed by atoms with Crippen LogP contribution in [0.15, 0.2) is 36.4 Å². The predicted molar refractivity (Wildman–Crippen MR) is 96.1 cm³/mol. The van der Waals surface area contributed by atoms with Crippen molar-refractivity contribution in [1.82, 2.24) is 10.6 Å². The molecule has 0 bridgehead atoms. The van der Waals surface area contributed by atoms with E-state index in [4.69, 9.17) is 16.3 Å². The third kappa shape index (κ3) is 4.11. The lowest BCUT2D eigenvalue weighted by Crippen LogP contribution is -2.45. The molecular formula is C18H16ClF2N3O3. The molecule has 2 aromatic carbocycles. The van der Waals surface area contributed by atoms with Crippen LogP contribution in [0, 0.1) is 11.6 Å². The number of ether oxygens (including phenoxy) is 1. The van der Waals surface area contributed by atoms with Gasteiger partial charge in [-0.1, -0.05) is 11.6 Å². The average molecular weight is 396 g/mol. The Morgan fingerprint density at radius 3 is 2.44 bits per heavy atom. The summed E-state index contributed by atoms with van der Waals surface area (Å²) < 4.78 is 33.6. The number of urea groups is 1. The topological polar surface area (TPSA) is 79.5 Å². The van der Waals surface area contributed by atoms with Crippen molar-refractivity contribution >= 4 is 29.2 Å². The molecule has 3 amide bonds. The highest BCUT2D eigenvalue weighted by atomic mass is 35.5. The van der Waals surface area contributed by atoms with Gasteiger partial charge in [-0.05, 0) is 24.3 Å². The lowest BCUT2D eigenvalue weighted by Gasteiger charge is -2.20. The summed E-state index contributed by atoms with van der Waals surface area (Å²) in [5.74, 6) is -3.10. The van der Waals surface area contributed by atoms with Gasteiger partial charge in [0.1, 0.15) is 23.4 Å². The molecule has 3 rings (SSSR count). The van der Waals surface area contributed by atoms with Crippen molar-refractivity contribution in [2.45, 2.75) is 12.0 Å². The van der Waals surface area contributed by atoms with Crippen LogP contribution in [-0.2, 0) is 4.79 Å². The Kier molecular flexibility index (Phi) is 5.46. The van der Waals surface area contributed by atoms with Crippen LogP contribution in [0.1, 0.15) is 11.5 Å². The summed E-state index contributed by atoms with van der Waals surface area (Å²) in [6.07, 6.45) is 0. The van der Waals surface area contributed by atoms with Crippen LogP contribution >= 0.6 is 11.6 Å². The van der Waals surface area contributed by atoms with Gasteiger partial charge in [0.2, 0.25) is 5.91 Å². The van der Waals surface area contributed by atoms with E-state index in [0.29, 0.717) is 10.7 Å². The number of anilines is 1. The molecule has 1 saturated heterocycles. The van der Waals surface area contributed by atoms with Gasteiger partial charge in [0.25, 0.3) is 0 Å². The summed E-state index contributed by atoms with van der Waals surface area (Å²) in [5, 5.41) is 8.02. The molecule has 6 nitrogen and oxygen atoms in total. The van der Waals surface area contributed by atoms with E-state index in [1.54, 1.807) is 24.3 Å². The fourth-order valence-corrected chi connectivity index (χ4v) is 3.06. The molecule has 3 N–H and O–H groups in total. The second-order valence-electron chi connectivity index (χ2n) is 5.94. The fourth-order valence-electron chi connectivity index (χ4n) is 2.93. The normalized spacial score (nSPS) is 18.7. The monoisotopic (exact) mass is 395 g/mol. The first-order valence-corrected chi connectivity index (χ1v) is 8.40. The summed E-state index contributed by atoms with van der Waals surface area (Å²) in [6, 6.07) is 6.59. The molecule has 1 heterocycles. The Morgan fingerprint density at radius 1 is 1.22 bits per heavy atom. The van der Waals surface area contributed by atoms with Crippen molar-refractivity contribution in [3.63, 3.8) is 0 Å². The zero-order valence-corrected chi connectivity index (χ0v) is 14.9. The molecular weight excluding hydrogens is 380 g/mol. The van der Waals surface area contributed by atoms with E-state index in [1.807, 2.05) is 0 Å². The summed E-state index contributed by atoms with van der Waals surface area (Å²) in [4.78, 5) is 24.3. The minimum absolute atomic E-state index is 0.00903. The third-order valence-electron chi connectivity index (χ3n) is 4.23. The zero-order chi connectivity index (χ0) is 19.6. The number of carbonyl (C=O) groups is 2. The molecule has 1 fully saturated rings. The van der Waals surface area contributed by atoms with Gasteiger partial charge in [-0.3, -0.25) is 4.79 Å². The minimum Gasteiger partial charge on any atom is -0.497 e. The van der Waals surface area contributed by atoms with E-state index >= 15 is 0 Å². The number of nitrogens with one attached hydrogen (secondary N) is 3. The number of carbonyl (C=O) groups excluding carboxylic acids is 2. The average Bonchev–Trinajstić information content (AvgIpc) is 2.97. The number of amides is 3. The maximum atomic E-state index is 14.4. The molecule has 0 aliphatic carbocycles. The van der Waals surface area contributed by atoms with Gasteiger partial charge < -0.3 is 20.7 Å². The van der Waals surface area contributed by atoms with Crippen LogP contribution in [0.5, 0.6) is 5.75 Å². The van der Waals surface area contributed by atoms with Crippen LogP contribution in [0.25, 0.3) is 0 Å². The van der Waals surface area contributed by atoms with E-state index in [-0.39, 0.29) is 17.9 Å². The molecule has 0 radical (unpaired) electrons. The minimum atomic E-state index is -1.13. The van der Waals surface area contributed by atoms with Crippen molar-refractivity contribution in [3.8, 4) is 5.75 Å². The first-order valence-electron chi connectivity index (χ1n) is 8.02. The summed E-state index contributed by atoms with van der Waals surface area (Å²) in [6.45, 7) is -0.00903. The van der Waals surface area contributed by atoms with Crippen molar-refractivity contribution < 1.29 is 23.1 Å². The lowest BCUT2D eigenvalue weighted by molar-refractivity contribution is -0.120. The molecule has 1 aliphatic rings. The van der Waals surface area contributed by atoms with Crippen LogP contribution in [0.3, 0.4) is 0 Å². The fraction of sp³-hybridized carbons (Fsp3) is 0.222. The molecule has 1 aliphatic heterocycles. The molecule has 9 heteroatoms. The Balaban J connectivity index is 1.78. The van der Waals surface area contributed by atoms with Gasteiger partial charge in [-0.25, -0.2) is 13.6 Å². The van der Waals surface area contributed by atoms with Gasteiger partial charge in [0.05, 0.1) is 7.11 Å². The summed E-state index contributed by atoms with van der Waals surface area (Å²) in [7, 11) is 1.29. The molecule has 27 heavy (non-hydrogen) atoms. The van der Waals surface area contributed by atoms with Crippen LogP contribution < -0.4 is 20.7 Å². The Labute approximate surface area is 158 Å². The van der Waals surface area contributed by atoms with Crippen molar-refractivity contribution in [1.29, 1.82) is 0 Å². The Morgan fingerprint density at radius 2 is 1.85 bits per heavy atom. The van der Waals surface area contributed by atoms with E-state index in [2.05, 4.69) is 16.0 Å². The smallest absolute Gasteiger partial charge is 0.319 e.